The van der Waals surface area contributed by atoms with Gasteiger partial charge >= 0.3 is 0 Å². The zero-order valence-corrected chi connectivity index (χ0v) is 13.0. The van der Waals surface area contributed by atoms with Gasteiger partial charge in [-0.3, -0.25) is 9.78 Å². The van der Waals surface area contributed by atoms with E-state index in [0.29, 0.717) is 18.2 Å². The highest BCUT2D eigenvalue weighted by atomic mass is 16.4. The Morgan fingerprint density at radius 1 is 1.33 bits per heavy atom. The van der Waals surface area contributed by atoms with E-state index in [1.807, 2.05) is 26.0 Å². The van der Waals surface area contributed by atoms with Crippen molar-refractivity contribution in [3.8, 4) is 0 Å². The lowest BCUT2D eigenvalue weighted by atomic mass is 10.1. The van der Waals surface area contributed by atoms with Gasteiger partial charge in [0.15, 0.2) is 5.89 Å². The van der Waals surface area contributed by atoms with Crippen LogP contribution in [0.15, 0.2) is 28.9 Å². The number of carbonyl (C=O) groups excluding carboxylic acids is 1. The maximum Gasteiger partial charge on any atom is 0.291 e. The Labute approximate surface area is 125 Å². The van der Waals surface area contributed by atoms with Gasteiger partial charge in [0.1, 0.15) is 0 Å². The molecule has 5 heteroatoms. The standard InChI is InChI=1S/C16H21N3O2/c1-11(2)14-15(21-12(3)18-14)16(20)19(4)10-7-13-5-8-17-9-6-13/h5-6,8-9,11H,7,10H2,1-4H3. The first-order valence-corrected chi connectivity index (χ1v) is 7.10. The number of rotatable bonds is 5. The maximum absolute atomic E-state index is 12.5. The number of pyridine rings is 1. The fourth-order valence-electron chi connectivity index (χ4n) is 2.11. The second-order valence-electron chi connectivity index (χ2n) is 5.43. The summed E-state index contributed by atoms with van der Waals surface area (Å²) in [7, 11) is 1.78. The number of hydrogen-bond acceptors (Lipinski definition) is 4. The number of aryl methyl sites for hydroxylation is 1. The van der Waals surface area contributed by atoms with E-state index >= 15 is 0 Å². The Kier molecular flexibility index (Phi) is 4.73. The van der Waals surface area contributed by atoms with Crippen LogP contribution in [0.5, 0.6) is 0 Å². The highest BCUT2D eigenvalue weighted by Gasteiger charge is 2.23. The van der Waals surface area contributed by atoms with Crippen LogP contribution in [0.3, 0.4) is 0 Å². The molecule has 112 valence electrons. The molecule has 0 spiro atoms. The smallest absolute Gasteiger partial charge is 0.291 e. The van der Waals surface area contributed by atoms with E-state index in [1.165, 1.54) is 0 Å². The van der Waals surface area contributed by atoms with E-state index in [4.69, 9.17) is 4.42 Å². The molecule has 1 amide bonds. The lowest BCUT2D eigenvalue weighted by molar-refractivity contribution is 0.0761. The van der Waals surface area contributed by atoms with Crippen LogP contribution in [0.4, 0.5) is 0 Å². The summed E-state index contributed by atoms with van der Waals surface area (Å²) in [6.07, 6.45) is 4.30. The van der Waals surface area contributed by atoms with Gasteiger partial charge in [0.2, 0.25) is 5.76 Å². The van der Waals surface area contributed by atoms with Crippen LogP contribution >= 0.6 is 0 Å². The van der Waals surface area contributed by atoms with Gasteiger partial charge in [-0.15, -0.1) is 0 Å². The lowest BCUT2D eigenvalue weighted by Crippen LogP contribution is -2.29. The number of nitrogens with zero attached hydrogens (tertiary/aromatic N) is 3. The van der Waals surface area contributed by atoms with E-state index in [9.17, 15) is 4.79 Å². The second-order valence-corrected chi connectivity index (χ2v) is 5.43. The number of amides is 1. The van der Waals surface area contributed by atoms with Crippen molar-refractivity contribution in [2.24, 2.45) is 0 Å². The summed E-state index contributed by atoms with van der Waals surface area (Å²) in [5, 5.41) is 0. The maximum atomic E-state index is 12.5. The molecule has 21 heavy (non-hydrogen) atoms. The van der Waals surface area contributed by atoms with Gasteiger partial charge < -0.3 is 9.32 Å². The molecular formula is C16H21N3O2. The van der Waals surface area contributed by atoms with Crippen molar-refractivity contribution in [3.63, 3.8) is 0 Å². The predicted molar refractivity (Wildman–Crippen MR) is 80.2 cm³/mol. The fraction of sp³-hybridized carbons (Fsp3) is 0.438. The molecule has 2 rings (SSSR count). The van der Waals surface area contributed by atoms with E-state index in [0.717, 1.165) is 17.7 Å². The van der Waals surface area contributed by atoms with Gasteiger partial charge in [0.05, 0.1) is 5.69 Å². The Hall–Kier alpha value is -2.17. The molecule has 0 unspecified atom stereocenters. The van der Waals surface area contributed by atoms with Crippen molar-refractivity contribution < 1.29 is 9.21 Å². The molecule has 0 radical (unpaired) electrons. The SMILES string of the molecule is Cc1nc(C(C)C)c(C(=O)N(C)CCc2ccncc2)o1. The molecule has 0 aliphatic heterocycles. The summed E-state index contributed by atoms with van der Waals surface area (Å²) >= 11 is 0. The van der Waals surface area contributed by atoms with Gasteiger partial charge in [-0.2, -0.15) is 0 Å². The Balaban J connectivity index is 2.06. The number of carbonyl (C=O) groups is 1. The first kappa shape index (κ1) is 15.2. The average Bonchev–Trinajstić information content (AvgIpc) is 2.87. The van der Waals surface area contributed by atoms with Crippen LogP contribution in [0.2, 0.25) is 0 Å². The Morgan fingerprint density at radius 3 is 2.62 bits per heavy atom. The van der Waals surface area contributed by atoms with Gasteiger partial charge in [-0.1, -0.05) is 13.8 Å². The summed E-state index contributed by atoms with van der Waals surface area (Å²) in [5.41, 5.74) is 1.88. The molecule has 0 atom stereocenters. The Morgan fingerprint density at radius 2 is 2.00 bits per heavy atom. The molecular weight excluding hydrogens is 266 g/mol. The van der Waals surface area contributed by atoms with E-state index in [2.05, 4.69) is 9.97 Å². The number of oxazole rings is 1. The van der Waals surface area contributed by atoms with Crippen LogP contribution in [0.25, 0.3) is 0 Å². The summed E-state index contributed by atoms with van der Waals surface area (Å²) in [6.45, 7) is 6.40. The highest BCUT2D eigenvalue weighted by Crippen LogP contribution is 2.21. The van der Waals surface area contributed by atoms with Crippen LogP contribution in [0, 0.1) is 6.92 Å². The predicted octanol–water partition coefficient (Wildman–Crippen LogP) is 2.82. The molecule has 2 heterocycles. The van der Waals surface area contributed by atoms with E-state index < -0.39 is 0 Å². The third-order valence-corrected chi connectivity index (χ3v) is 3.33. The van der Waals surface area contributed by atoms with Crippen molar-refractivity contribution in [1.29, 1.82) is 0 Å². The zero-order chi connectivity index (χ0) is 15.4. The first-order valence-electron chi connectivity index (χ1n) is 7.10. The molecule has 2 aromatic heterocycles. The van der Waals surface area contributed by atoms with Gasteiger partial charge in [-0.25, -0.2) is 4.98 Å². The van der Waals surface area contributed by atoms with Crippen LogP contribution < -0.4 is 0 Å². The van der Waals surface area contributed by atoms with E-state index in [1.54, 1.807) is 31.3 Å². The number of hydrogen-bond donors (Lipinski definition) is 0. The molecule has 0 fully saturated rings. The molecule has 0 saturated carbocycles. The minimum Gasteiger partial charge on any atom is -0.436 e. The molecule has 0 N–H and O–H groups in total. The van der Waals surface area contributed by atoms with Crippen LogP contribution in [-0.2, 0) is 6.42 Å². The molecule has 0 bridgehead atoms. The molecule has 5 nitrogen and oxygen atoms in total. The Bertz CT molecular complexity index is 605. The van der Waals surface area contributed by atoms with Crippen LogP contribution in [-0.4, -0.2) is 34.4 Å². The molecule has 0 aliphatic rings. The fourth-order valence-corrected chi connectivity index (χ4v) is 2.11. The van der Waals surface area contributed by atoms with Gasteiger partial charge in [0.25, 0.3) is 5.91 Å². The zero-order valence-electron chi connectivity index (χ0n) is 13.0. The van der Waals surface area contributed by atoms with Crippen molar-refractivity contribution in [1.82, 2.24) is 14.9 Å². The normalized spacial score (nSPS) is 10.9. The molecule has 0 aromatic carbocycles. The quantitative estimate of drug-likeness (QED) is 0.848. The largest absolute Gasteiger partial charge is 0.436 e. The van der Waals surface area contributed by atoms with Gasteiger partial charge in [-0.05, 0) is 30.0 Å². The third kappa shape index (κ3) is 3.68. The summed E-state index contributed by atoms with van der Waals surface area (Å²) in [6, 6.07) is 3.91. The van der Waals surface area contributed by atoms with Crippen molar-refractivity contribution >= 4 is 5.91 Å². The summed E-state index contributed by atoms with van der Waals surface area (Å²) < 4.78 is 5.50. The molecule has 0 aliphatic carbocycles. The van der Waals surface area contributed by atoms with Gasteiger partial charge in [0, 0.05) is 32.9 Å². The third-order valence-electron chi connectivity index (χ3n) is 3.33. The first-order chi connectivity index (χ1) is 9.99. The second kappa shape index (κ2) is 6.52. The van der Waals surface area contributed by atoms with Crippen LogP contribution in [0.1, 0.15) is 47.5 Å². The average molecular weight is 287 g/mol. The molecule has 0 saturated heterocycles. The highest BCUT2D eigenvalue weighted by molar-refractivity contribution is 5.92. The summed E-state index contributed by atoms with van der Waals surface area (Å²) in [5.74, 6) is 0.938. The van der Waals surface area contributed by atoms with Crippen molar-refractivity contribution in [2.45, 2.75) is 33.1 Å². The minimum absolute atomic E-state index is 0.117. The minimum atomic E-state index is -0.117. The topological polar surface area (TPSA) is 59.2 Å². The number of likely N-dealkylation sites (N-methyl/N-ethyl adjacent to an activating group) is 1. The molecule has 2 aromatic rings. The lowest BCUT2D eigenvalue weighted by Gasteiger charge is -2.16. The number of aromatic nitrogens is 2. The van der Waals surface area contributed by atoms with Crippen molar-refractivity contribution in [2.75, 3.05) is 13.6 Å². The van der Waals surface area contributed by atoms with E-state index in [-0.39, 0.29) is 11.8 Å². The van der Waals surface area contributed by atoms with Crippen molar-refractivity contribution in [3.05, 3.63) is 47.4 Å². The summed E-state index contributed by atoms with van der Waals surface area (Å²) in [4.78, 5) is 22.5. The monoisotopic (exact) mass is 287 g/mol.